The van der Waals surface area contributed by atoms with Gasteiger partial charge in [0.1, 0.15) is 5.82 Å². The van der Waals surface area contributed by atoms with Crippen molar-refractivity contribution in [3.8, 4) is 0 Å². The number of nitrogens with zero attached hydrogens (tertiary/aromatic N) is 3. The van der Waals surface area contributed by atoms with E-state index in [9.17, 15) is 4.79 Å². The van der Waals surface area contributed by atoms with Crippen LogP contribution in [-0.2, 0) is 0 Å². The van der Waals surface area contributed by atoms with Crippen LogP contribution in [0.25, 0.3) is 0 Å². The van der Waals surface area contributed by atoms with Crippen molar-refractivity contribution in [1.82, 2.24) is 14.8 Å². The molecule has 1 N–H and O–H groups in total. The molecule has 1 aliphatic carbocycles. The third kappa shape index (κ3) is 3.92. The fraction of sp³-hybridized carbons (Fsp3) is 0.571. The minimum Gasteiger partial charge on any atom is -0.369 e. The van der Waals surface area contributed by atoms with Crippen molar-refractivity contribution < 1.29 is 4.79 Å². The van der Waals surface area contributed by atoms with Gasteiger partial charge in [0.05, 0.1) is 5.56 Å². The molecule has 2 rings (SSSR count). The number of amides is 1. The number of pyridine rings is 1. The van der Waals surface area contributed by atoms with Gasteiger partial charge in [0.25, 0.3) is 5.91 Å². The molecule has 5 nitrogen and oxygen atoms in total. The summed E-state index contributed by atoms with van der Waals surface area (Å²) in [6, 6.07) is 4.45. The second-order valence-corrected chi connectivity index (χ2v) is 5.27. The van der Waals surface area contributed by atoms with E-state index in [1.165, 1.54) is 12.8 Å². The van der Waals surface area contributed by atoms with Crippen LogP contribution in [0, 0.1) is 0 Å². The lowest BCUT2D eigenvalue weighted by Crippen LogP contribution is -2.27. The zero-order chi connectivity index (χ0) is 13.8. The standard InChI is InChI=1S/C14H22N4O/c1-17(2)14(19)11-4-7-13(16-10-11)15-8-9-18(3)12-5-6-12/h4,7,10,12H,5-6,8-9H2,1-3H3,(H,15,16). The lowest BCUT2D eigenvalue weighted by atomic mass is 10.2. The first-order valence-electron chi connectivity index (χ1n) is 6.70. The predicted octanol–water partition coefficient (Wildman–Crippen LogP) is 1.29. The van der Waals surface area contributed by atoms with Gasteiger partial charge in [-0.15, -0.1) is 0 Å². The number of carbonyl (C=O) groups is 1. The smallest absolute Gasteiger partial charge is 0.254 e. The first-order chi connectivity index (χ1) is 9.08. The van der Waals surface area contributed by atoms with E-state index in [0.717, 1.165) is 24.9 Å². The fourth-order valence-electron chi connectivity index (χ4n) is 1.94. The first kappa shape index (κ1) is 13.8. The van der Waals surface area contributed by atoms with E-state index in [0.29, 0.717) is 5.56 Å². The number of hydrogen-bond donors (Lipinski definition) is 1. The van der Waals surface area contributed by atoms with Crippen LogP contribution >= 0.6 is 0 Å². The van der Waals surface area contributed by atoms with Gasteiger partial charge in [-0.25, -0.2) is 4.98 Å². The molecule has 0 atom stereocenters. The molecule has 0 radical (unpaired) electrons. The molecule has 0 bridgehead atoms. The van der Waals surface area contributed by atoms with Crippen LogP contribution in [0.15, 0.2) is 18.3 Å². The van der Waals surface area contributed by atoms with Crippen LogP contribution < -0.4 is 5.32 Å². The predicted molar refractivity (Wildman–Crippen MR) is 76.4 cm³/mol. The molecule has 0 saturated heterocycles. The largest absolute Gasteiger partial charge is 0.369 e. The molecule has 104 valence electrons. The quantitative estimate of drug-likeness (QED) is 0.839. The van der Waals surface area contributed by atoms with E-state index in [4.69, 9.17) is 0 Å². The highest BCUT2D eigenvalue weighted by Gasteiger charge is 2.25. The Kier molecular flexibility index (Phi) is 4.37. The Hall–Kier alpha value is -1.62. The Morgan fingerprint density at radius 1 is 1.37 bits per heavy atom. The molecule has 5 heteroatoms. The number of anilines is 1. The van der Waals surface area contributed by atoms with Gasteiger partial charge in [-0.05, 0) is 32.0 Å². The molecule has 1 fully saturated rings. The van der Waals surface area contributed by atoms with Crippen LogP contribution in [0.3, 0.4) is 0 Å². The van der Waals surface area contributed by atoms with E-state index in [1.807, 2.05) is 12.1 Å². The number of hydrogen-bond acceptors (Lipinski definition) is 4. The summed E-state index contributed by atoms with van der Waals surface area (Å²) in [6.07, 6.45) is 4.28. The van der Waals surface area contributed by atoms with Crippen molar-refractivity contribution >= 4 is 11.7 Å². The lowest BCUT2D eigenvalue weighted by Gasteiger charge is -2.16. The zero-order valence-corrected chi connectivity index (χ0v) is 11.9. The highest BCUT2D eigenvalue weighted by atomic mass is 16.2. The van der Waals surface area contributed by atoms with Crippen molar-refractivity contribution in [2.75, 3.05) is 39.5 Å². The minimum absolute atomic E-state index is 0.0208. The van der Waals surface area contributed by atoms with E-state index in [2.05, 4.69) is 22.2 Å². The molecule has 1 aromatic heterocycles. The van der Waals surface area contributed by atoms with Gasteiger partial charge in [-0.2, -0.15) is 0 Å². The Bertz CT molecular complexity index is 426. The van der Waals surface area contributed by atoms with Gasteiger partial charge in [0.2, 0.25) is 0 Å². The normalized spacial score (nSPS) is 14.5. The van der Waals surface area contributed by atoms with Crippen molar-refractivity contribution in [1.29, 1.82) is 0 Å². The topological polar surface area (TPSA) is 48.5 Å². The third-order valence-electron chi connectivity index (χ3n) is 3.36. The summed E-state index contributed by atoms with van der Waals surface area (Å²) in [5.74, 6) is 0.798. The summed E-state index contributed by atoms with van der Waals surface area (Å²) >= 11 is 0. The molecule has 0 aromatic carbocycles. The second kappa shape index (κ2) is 6.02. The number of aromatic nitrogens is 1. The summed E-state index contributed by atoms with van der Waals surface area (Å²) < 4.78 is 0. The Labute approximate surface area is 114 Å². The van der Waals surface area contributed by atoms with Crippen LogP contribution in [0.1, 0.15) is 23.2 Å². The highest BCUT2D eigenvalue weighted by Crippen LogP contribution is 2.24. The maximum absolute atomic E-state index is 11.7. The van der Waals surface area contributed by atoms with Crippen LogP contribution in [0.2, 0.25) is 0 Å². The molecular weight excluding hydrogens is 240 g/mol. The maximum Gasteiger partial charge on any atom is 0.254 e. The highest BCUT2D eigenvalue weighted by molar-refractivity contribution is 5.93. The van der Waals surface area contributed by atoms with Gasteiger partial charge in [0.15, 0.2) is 0 Å². The summed E-state index contributed by atoms with van der Waals surface area (Å²) in [5.41, 5.74) is 0.616. The Balaban J connectivity index is 1.79. The molecule has 1 heterocycles. The van der Waals surface area contributed by atoms with Crippen LogP contribution in [0.4, 0.5) is 5.82 Å². The summed E-state index contributed by atoms with van der Waals surface area (Å²) in [4.78, 5) is 19.9. The Morgan fingerprint density at radius 2 is 2.11 bits per heavy atom. The van der Waals surface area contributed by atoms with Crippen LogP contribution in [-0.4, -0.2) is 61.0 Å². The van der Waals surface area contributed by atoms with Crippen LogP contribution in [0.5, 0.6) is 0 Å². The maximum atomic E-state index is 11.7. The van der Waals surface area contributed by atoms with E-state index in [1.54, 1.807) is 25.2 Å². The van der Waals surface area contributed by atoms with Crippen molar-refractivity contribution in [3.63, 3.8) is 0 Å². The van der Waals surface area contributed by atoms with Gasteiger partial charge < -0.3 is 15.1 Å². The van der Waals surface area contributed by atoms with E-state index >= 15 is 0 Å². The molecule has 1 aliphatic rings. The van der Waals surface area contributed by atoms with E-state index < -0.39 is 0 Å². The second-order valence-electron chi connectivity index (χ2n) is 5.27. The van der Waals surface area contributed by atoms with Crippen molar-refractivity contribution in [3.05, 3.63) is 23.9 Å². The first-order valence-corrected chi connectivity index (χ1v) is 6.70. The number of likely N-dealkylation sites (N-methyl/N-ethyl adjacent to an activating group) is 1. The SMILES string of the molecule is CN(C)C(=O)c1ccc(NCCN(C)C2CC2)nc1. The summed E-state index contributed by atoms with van der Waals surface area (Å²) in [7, 11) is 5.63. The van der Waals surface area contributed by atoms with E-state index in [-0.39, 0.29) is 5.91 Å². The molecule has 0 aliphatic heterocycles. The van der Waals surface area contributed by atoms with Gasteiger partial charge in [0, 0.05) is 39.4 Å². The minimum atomic E-state index is -0.0208. The van der Waals surface area contributed by atoms with Gasteiger partial charge >= 0.3 is 0 Å². The summed E-state index contributed by atoms with van der Waals surface area (Å²) in [5, 5.41) is 3.28. The number of rotatable bonds is 6. The molecule has 0 unspecified atom stereocenters. The molecule has 1 aromatic rings. The molecular formula is C14H22N4O. The molecule has 0 spiro atoms. The fourth-order valence-corrected chi connectivity index (χ4v) is 1.94. The molecule has 1 saturated carbocycles. The molecule has 19 heavy (non-hydrogen) atoms. The average Bonchev–Trinajstić information content (AvgIpc) is 3.23. The van der Waals surface area contributed by atoms with Crippen molar-refractivity contribution in [2.45, 2.75) is 18.9 Å². The monoisotopic (exact) mass is 262 g/mol. The Morgan fingerprint density at radius 3 is 2.63 bits per heavy atom. The van der Waals surface area contributed by atoms with Crippen molar-refractivity contribution in [2.24, 2.45) is 0 Å². The average molecular weight is 262 g/mol. The lowest BCUT2D eigenvalue weighted by molar-refractivity contribution is 0.0827. The zero-order valence-electron chi connectivity index (χ0n) is 11.9. The van der Waals surface area contributed by atoms with Gasteiger partial charge in [-0.1, -0.05) is 0 Å². The summed E-state index contributed by atoms with van der Waals surface area (Å²) in [6.45, 7) is 1.89. The number of nitrogens with one attached hydrogen (secondary N) is 1. The third-order valence-corrected chi connectivity index (χ3v) is 3.36. The van der Waals surface area contributed by atoms with Gasteiger partial charge in [-0.3, -0.25) is 4.79 Å². The number of carbonyl (C=O) groups excluding carboxylic acids is 1. The molecule has 1 amide bonds.